The Hall–Kier alpha value is -2.20. The number of alkyl halides is 3. The van der Waals surface area contributed by atoms with Gasteiger partial charge in [0.2, 0.25) is 5.88 Å². The maximum atomic E-state index is 12.4. The summed E-state index contributed by atoms with van der Waals surface area (Å²) in [6, 6.07) is 4.09. The molecule has 10 heteroatoms. The van der Waals surface area contributed by atoms with Gasteiger partial charge in [0, 0.05) is 18.9 Å². The molecule has 156 valence electrons. The Bertz CT molecular complexity index is 628. The second-order valence-electron chi connectivity index (χ2n) is 6.39. The minimum Gasteiger partial charge on any atom is -0.472 e. The van der Waals surface area contributed by atoms with E-state index in [2.05, 4.69) is 20.4 Å². The average Bonchev–Trinajstić information content (AvgIpc) is 2.70. The fraction of sp³-hybridized carbons (Fsp3) is 0.611. The van der Waals surface area contributed by atoms with Crippen LogP contribution in [-0.2, 0) is 10.9 Å². The normalized spacial score (nSPS) is 21.5. The summed E-state index contributed by atoms with van der Waals surface area (Å²) < 4.78 is 47.7. The Morgan fingerprint density at radius 3 is 2.64 bits per heavy atom. The van der Waals surface area contributed by atoms with Crippen LogP contribution in [0, 0.1) is 0 Å². The van der Waals surface area contributed by atoms with Gasteiger partial charge in [-0.3, -0.25) is 4.99 Å². The van der Waals surface area contributed by atoms with Crippen molar-refractivity contribution < 1.29 is 22.6 Å². The molecule has 1 unspecified atom stereocenters. The molecule has 2 aliphatic heterocycles. The van der Waals surface area contributed by atoms with Crippen LogP contribution in [0.4, 0.5) is 13.2 Å². The van der Waals surface area contributed by atoms with Crippen LogP contribution in [0.15, 0.2) is 28.3 Å². The molecule has 2 saturated heterocycles. The molecule has 0 bridgehead atoms. The number of hydrogen-bond donors (Lipinski definition) is 2. The summed E-state index contributed by atoms with van der Waals surface area (Å²) in [4.78, 5) is 7.71. The van der Waals surface area contributed by atoms with E-state index >= 15 is 0 Å². The fourth-order valence-corrected chi connectivity index (χ4v) is 2.77. The van der Waals surface area contributed by atoms with Gasteiger partial charge in [-0.25, -0.2) is 4.98 Å². The molecule has 0 saturated carbocycles. The van der Waals surface area contributed by atoms with Crippen LogP contribution in [0.5, 0.6) is 5.88 Å². The number of nitrogens with one attached hydrogen (secondary N) is 1. The number of pyridine rings is 1. The van der Waals surface area contributed by atoms with E-state index in [1.807, 2.05) is 0 Å². The Morgan fingerprint density at radius 2 is 2.00 bits per heavy atom. The zero-order chi connectivity index (χ0) is 20.2. The van der Waals surface area contributed by atoms with E-state index < -0.39 is 11.9 Å². The van der Waals surface area contributed by atoms with E-state index in [1.165, 1.54) is 18.3 Å². The lowest BCUT2D eigenvalue weighted by molar-refractivity contribution is -0.141. The van der Waals surface area contributed by atoms with Crippen LogP contribution in [0.1, 0.15) is 31.4 Å². The van der Waals surface area contributed by atoms with E-state index in [9.17, 15) is 13.2 Å². The van der Waals surface area contributed by atoms with Crippen LogP contribution in [0.3, 0.4) is 0 Å². The predicted molar refractivity (Wildman–Crippen MR) is 101 cm³/mol. The molecular weight excluding hydrogens is 375 g/mol. The summed E-state index contributed by atoms with van der Waals surface area (Å²) in [6.45, 7) is 3.22. The fourth-order valence-electron chi connectivity index (χ4n) is 2.77. The third kappa shape index (κ3) is 8.22. The number of halogens is 3. The molecule has 7 nitrogen and oxygen atoms in total. The van der Waals surface area contributed by atoms with Gasteiger partial charge >= 0.3 is 6.18 Å². The molecule has 0 spiro atoms. The third-order valence-corrected chi connectivity index (χ3v) is 4.18. The molecule has 3 N–H and O–H groups in total. The zero-order valence-corrected chi connectivity index (χ0v) is 15.6. The van der Waals surface area contributed by atoms with Crippen molar-refractivity contribution in [3.63, 3.8) is 0 Å². The smallest absolute Gasteiger partial charge is 0.433 e. The molecule has 2 aliphatic rings. The van der Waals surface area contributed by atoms with Crippen molar-refractivity contribution in [3.05, 3.63) is 23.9 Å². The van der Waals surface area contributed by atoms with Crippen molar-refractivity contribution in [1.82, 2.24) is 10.3 Å². The quantitative estimate of drug-likeness (QED) is 0.459. The van der Waals surface area contributed by atoms with E-state index in [4.69, 9.17) is 15.3 Å². The summed E-state index contributed by atoms with van der Waals surface area (Å²) in [7, 11) is 0. The largest absolute Gasteiger partial charge is 0.472 e. The minimum atomic E-state index is -4.44. The zero-order valence-electron chi connectivity index (χ0n) is 15.6. The summed E-state index contributed by atoms with van der Waals surface area (Å²) in [6.07, 6.45) is 2.41. The summed E-state index contributed by atoms with van der Waals surface area (Å²) >= 11 is 0. The molecule has 1 atom stereocenters. The molecule has 28 heavy (non-hydrogen) atoms. The van der Waals surface area contributed by atoms with Crippen LogP contribution < -0.4 is 15.9 Å². The molecule has 0 amide bonds. The molecule has 0 aromatic carbocycles. The first-order chi connectivity index (χ1) is 13.5. The maximum absolute atomic E-state index is 12.4. The molecule has 2 fully saturated rings. The second-order valence-corrected chi connectivity index (χ2v) is 6.39. The molecule has 3 heterocycles. The Morgan fingerprint density at radius 1 is 1.21 bits per heavy atom. The van der Waals surface area contributed by atoms with Crippen LogP contribution in [-0.4, -0.2) is 55.9 Å². The highest BCUT2D eigenvalue weighted by molar-refractivity contribution is 6.15. The topological polar surface area (TPSA) is 94.1 Å². The van der Waals surface area contributed by atoms with Crippen LogP contribution >= 0.6 is 0 Å². The van der Waals surface area contributed by atoms with Crippen LogP contribution in [0.25, 0.3) is 0 Å². The van der Waals surface area contributed by atoms with Gasteiger partial charge < -0.3 is 20.6 Å². The first-order valence-electron chi connectivity index (χ1n) is 9.23. The third-order valence-electron chi connectivity index (χ3n) is 4.18. The summed E-state index contributed by atoms with van der Waals surface area (Å²) in [5.41, 5.74) is -0.938. The van der Waals surface area contributed by atoms with Gasteiger partial charge in [-0.15, -0.1) is 0 Å². The van der Waals surface area contributed by atoms with Crippen molar-refractivity contribution >= 4 is 12.4 Å². The van der Waals surface area contributed by atoms with Crippen molar-refractivity contribution in [2.75, 3.05) is 26.3 Å². The average molecular weight is 401 g/mol. The maximum Gasteiger partial charge on any atom is 0.433 e. The van der Waals surface area contributed by atoms with E-state index in [0.717, 1.165) is 44.8 Å². The van der Waals surface area contributed by atoms with Crippen molar-refractivity contribution in [2.45, 2.75) is 44.0 Å². The lowest BCUT2D eigenvalue weighted by Gasteiger charge is -2.22. The number of nitrogens with zero attached hydrogens (tertiary/aromatic N) is 3. The number of ether oxygens (including phenoxy) is 2. The molecule has 0 aliphatic carbocycles. The van der Waals surface area contributed by atoms with E-state index in [0.29, 0.717) is 19.3 Å². The Kier molecular flexibility index (Phi) is 9.15. The van der Waals surface area contributed by atoms with Gasteiger partial charge in [-0.05, 0) is 44.8 Å². The van der Waals surface area contributed by atoms with Crippen molar-refractivity contribution in [1.29, 1.82) is 0 Å². The number of rotatable bonds is 4. The predicted octanol–water partition coefficient (Wildman–Crippen LogP) is 2.41. The van der Waals surface area contributed by atoms with Crippen molar-refractivity contribution in [2.24, 2.45) is 15.9 Å². The van der Waals surface area contributed by atoms with Gasteiger partial charge in [-0.2, -0.15) is 18.3 Å². The van der Waals surface area contributed by atoms with Gasteiger partial charge in [0.25, 0.3) is 0 Å². The number of hydrogen-bond acceptors (Lipinski definition) is 7. The Balaban J connectivity index is 0.000000221. The number of aromatic nitrogens is 1. The minimum absolute atomic E-state index is 0.00433. The highest BCUT2D eigenvalue weighted by atomic mass is 19.4. The molecule has 1 aromatic rings. The first kappa shape index (κ1) is 22.1. The molecule has 1 aromatic heterocycles. The molecule has 3 rings (SSSR count). The van der Waals surface area contributed by atoms with Crippen molar-refractivity contribution in [3.8, 4) is 5.88 Å². The van der Waals surface area contributed by atoms with E-state index in [-0.39, 0.29) is 12.0 Å². The van der Waals surface area contributed by atoms with Gasteiger partial charge in [-0.1, -0.05) is 6.07 Å². The lowest BCUT2D eigenvalue weighted by Crippen LogP contribution is -2.29. The van der Waals surface area contributed by atoms with Crippen LogP contribution in [0.2, 0.25) is 0 Å². The van der Waals surface area contributed by atoms with Gasteiger partial charge in [0.05, 0.1) is 18.9 Å². The monoisotopic (exact) mass is 401 g/mol. The standard InChI is InChI=1S/C11H12F3NO2.C7H14N4/c12-11(13,14)9-4-1-5-10(15-9)17-8-3-2-6-16-7-8;8-11-6-5-10-7-1-3-9-4-2-7/h1,4-5,8H,2-3,6-7H2;5-7,9H,1-4,8H2/b;10-5?,11-6-. The first-order valence-corrected chi connectivity index (χ1v) is 9.23. The second kappa shape index (κ2) is 11.6. The van der Waals surface area contributed by atoms with Gasteiger partial charge in [0.15, 0.2) is 0 Å². The lowest BCUT2D eigenvalue weighted by atomic mass is 10.1. The number of piperidine rings is 1. The number of nitrogens with two attached hydrogens (primary N) is 1. The summed E-state index contributed by atoms with van der Waals surface area (Å²) in [5, 5.41) is 6.60. The van der Waals surface area contributed by atoms with E-state index in [1.54, 1.807) is 6.21 Å². The van der Waals surface area contributed by atoms with Gasteiger partial charge in [0.1, 0.15) is 11.8 Å². The SMILES string of the molecule is FC(F)(F)c1cccc(OC2CCCOC2)n1.N/N=C\C=NC1CCNCC1. The molecular formula is C18H26F3N5O2. The highest BCUT2D eigenvalue weighted by Gasteiger charge is 2.32. The summed E-state index contributed by atoms with van der Waals surface area (Å²) in [5.74, 6) is 4.91. The molecule has 0 radical (unpaired) electrons. The number of aliphatic imine (C=N–C) groups is 1. The Labute approximate surface area is 162 Å². The number of hydrazone groups is 1. The highest BCUT2D eigenvalue weighted by Crippen LogP contribution is 2.29.